The number of rotatable bonds is 4. The van der Waals surface area contributed by atoms with Crippen molar-refractivity contribution in [3.05, 3.63) is 47.7 Å². The van der Waals surface area contributed by atoms with Crippen molar-refractivity contribution in [3.63, 3.8) is 0 Å². The molecule has 2 aromatic heterocycles. The summed E-state index contributed by atoms with van der Waals surface area (Å²) >= 11 is 5.86. The van der Waals surface area contributed by atoms with Crippen LogP contribution in [0.4, 0.5) is 4.39 Å². The molecular weight excluding hydrogens is 293 g/mol. The third-order valence-corrected chi connectivity index (χ3v) is 3.62. The standard InChI is InChI=1S/C15H15ClFN3O/c1-9-8-18-15(21-9)10(2)20-13-7-11(17)3-4-12(13)19-14(20)5-6-16/h3-4,7-8,10H,5-6H2,1-2H3. The zero-order valence-electron chi connectivity index (χ0n) is 11.8. The molecule has 3 aromatic rings. The molecular formula is C15H15ClFN3O. The first-order chi connectivity index (χ1) is 10.1. The van der Waals surface area contributed by atoms with Gasteiger partial charge in [0.05, 0.1) is 17.2 Å². The molecule has 0 aliphatic heterocycles. The van der Waals surface area contributed by atoms with Gasteiger partial charge in [-0.3, -0.25) is 0 Å². The molecule has 6 heteroatoms. The van der Waals surface area contributed by atoms with Crippen LogP contribution in [0.1, 0.15) is 30.4 Å². The van der Waals surface area contributed by atoms with Gasteiger partial charge in [0, 0.05) is 12.3 Å². The Hall–Kier alpha value is -1.88. The van der Waals surface area contributed by atoms with Crippen molar-refractivity contribution in [2.45, 2.75) is 26.3 Å². The molecule has 110 valence electrons. The monoisotopic (exact) mass is 307 g/mol. The van der Waals surface area contributed by atoms with Gasteiger partial charge < -0.3 is 8.98 Å². The maximum atomic E-state index is 13.6. The molecule has 0 bridgehead atoms. The van der Waals surface area contributed by atoms with Gasteiger partial charge in [-0.15, -0.1) is 11.6 Å². The van der Waals surface area contributed by atoms with E-state index in [1.807, 2.05) is 18.4 Å². The third kappa shape index (κ3) is 2.53. The van der Waals surface area contributed by atoms with Crippen molar-refractivity contribution in [3.8, 4) is 0 Å². The number of hydrogen-bond donors (Lipinski definition) is 0. The number of alkyl halides is 1. The molecule has 0 spiro atoms. The molecule has 0 fully saturated rings. The Balaban J connectivity index is 2.18. The number of imidazole rings is 1. The number of aromatic nitrogens is 3. The van der Waals surface area contributed by atoms with Gasteiger partial charge in [-0.05, 0) is 32.0 Å². The number of nitrogens with zero attached hydrogens (tertiary/aromatic N) is 3. The minimum atomic E-state index is -0.295. The van der Waals surface area contributed by atoms with Gasteiger partial charge in [0.15, 0.2) is 0 Å². The molecule has 3 rings (SSSR count). The highest BCUT2D eigenvalue weighted by atomic mass is 35.5. The van der Waals surface area contributed by atoms with E-state index < -0.39 is 0 Å². The average molecular weight is 308 g/mol. The third-order valence-electron chi connectivity index (χ3n) is 3.43. The van der Waals surface area contributed by atoms with Crippen LogP contribution in [0.2, 0.25) is 0 Å². The normalized spacial score (nSPS) is 13.0. The number of benzene rings is 1. The Kier molecular flexibility index (Phi) is 3.68. The van der Waals surface area contributed by atoms with Crippen molar-refractivity contribution < 1.29 is 8.81 Å². The van der Waals surface area contributed by atoms with Crippen LogP contribution in [0.15, 0.2) is 28.8 Å². The molecule has 0 aliphatic carbocycles. The number of hydrogen-bond acceptors (Lipinski definition) is 3. The quantitative estimate of drug-likeness (QED) is 0.687. The first kappa shape index (κ1) is 14.1. The summed E-state index contributed by atoms with van der Waals surface area (Å²) in [4.78, 5) is 8.80. The van der Waals surface area contributed by atoms with E-state index in [9.17, 15) is 4.39 Å². The zero-order chi connectivity index (χ0) is 15.0. The van der Waals surface area contributed by atoms with E-state index in [4.69, 9.17) is 16.0 Å². The van der Waals surface area contributed by atoms with Crippen LogP contribution in [0.25, 0.3) is 11.0 Å². The van der Waals surface area contributed by atoms with Crippen molar-refractivity contribution in [2.75, 3.05) is 5.88 Å². The Morgan fingerprint density at radius 1 is 1.43 bits per heavy atom. The van der Waals surface area contributed by atoms with Gasteiger partial charge in [-0.25, -0.2) is 14.4 Å². The lowest BCUT2D eigenvalue weighted by Crippen LogP contribution is -2.11. The summed E-state index contributed by atoms with van der Waals surface area (Å²) in [6, 6.07) is 4.38. The maximum Gasteiger partial charge on any atom is 0.217 e. The van der Waals surface area contributed by atoms with Crippen molar-refractivity contribution in [1.29, 1.82) is 0 Å². The minimum absolute atomic E-state index is 0.177. The van der Waals surface area contributed by atoms with Gasteiger partial charge in [-0.2, -0.15) is 0 Å². The van der Waals surface area contributed by atoms with E-state index in [0.717, 1.165) is 22.6 Å². The van der Waals surface area contributed by atoms with Gasteiger partial charge in [0.25, 0.3) is 0 Å². The highest BCUT2D eigenvalue weighted by Gasteiger charge is 2.20. The summed E-state index contributed by atoms with van der Waals surface area (Å²) in [6.45, 7) is 3.80. The lowest BCUT2D eigenvalue weighted by atomic mass is 10.2. The van der Waals surface area contributed by atoms with Crippen molar-refractivity contribution in [2.24, 2.45) is 0 Å². The van der Waals surface area contributed by atoms with E-state index in [1.165, 1.54) is 12.1 Å². The Morgan fingerprint density at radius 3 is 2.90 bits per heavy atom. The number of fused-ring (bicyclic) bond motifs is 1. The van der Waals surface area contributed by atoms with Gasteiger partial charge in [0.2, 0.25) is 5.89 Å². The number of oxazole rings is 1. The van der Waals surface area contributed by atoms with Gasteiger partial charge in [0.1, 0.15) is 23.4 Å². The average Bonchev–Trinajstić information content (AvgIpc) is 3.02. The predicted molar refractivity (Wildman–Crippen MR) is 79.2 cm³/mol. The fourth-order valence-electron chi connectivity index (χ4n) is 2.48. The Labute approximate surface area is 126 Å². The summed E-state index contributed by atoms with van der Waals surface area (Å²) in [5, 5.41) is 0. The largest absolute Gasteiger partial charge is 0.444 e. The van der Waals surface area contributed by atoms with Gasteiger partial charge >= 0.3 is 0 Å². The lowest BCUT2D eigenvalue weighted by Gasteiger charge is -2.14. The van der Waals surface area contributed by atoms with E-state index in [1.54, 1.807) is 12.3 Å². The maximum absolute atomic E-state index is 13.6. The van der Waals surface area contributed by atoms with Crippen LogP contribution >= 0.6 is 11.6 Å². The smallest absolute Gasteiger partial charge is 0.217 e. The summed E-state index contributed by atoms with van der Waals surface area (Å²) in [7, 11) is 0. The second-order valence-corrected chi connectivity index (χ2v) is 5.33. The Bertz CT molecular complexity index is 780. The topological polar surface area (TPSA) is 43.9 Å². The summed E-state index contributed by atoms with van der Waals surface area (Å²) in [5.41, 5.74) is 1.46. The molecule has 0 radical (unpaired) electrons. The van der Waals surface area contributed by atoms with Crippen LogP contribution in [-0.2, 0) is 6.42 Å². The van der Waals surface area contributed by atoms with Crippen LogP contribution < -0.4 is 0 Å². The fourth-order valence-corrected chi connectivity index (χ4v) is 2.65. The molecule has 1 unspecified atom stereocenters. The van der Waals surface area contributed by atoms with E-state index in [-0.39, 0.29) is 11.9 Å². The first-order valence-electron chi connectivity index (χ1n) is 6.75. The summed E-state index contributed by atoms with van der Waals surface area (Å²) in [6.07, 6.45) is 2.27. The SMILES string of the molecule is Cc1cnc(C(C)n2c(CCCl)nc3ccc(F)cc32)o1. The minimum Gasteiger partial charge on any atom is -0.444 e. The highest BCUT2D eigenvalue weighted by Crippen LogP contribution is 2.26. The first-order valence-corrected chi connectivity index (χ1v) is 7.28. The highest BCUT2D eigenvalue weighted by molar-refractivity contribution is 6.17. The molecule has 0 amide bonds. The van der Waals surface area contributed by atoms with E-state index in [2.05, 4.69) is 9.97 Å². The molecule has 0 N–H and O–H groups in total. The fraction of sp³-hybridized carbons (Fsp3) is 0.333. The predicted octanol–water partition coefficient (Wildman–Crippen LogP) is 3.86. The van der Waals surface area contributed by atoms with E-state index in [0.29, 0.717) is 18.2 Å². The second kappa shape index (κ2) is 5.48. The van der Waals surface area contributed by atoms with Crippen LogP contribution in [-0.4, -0.2) is 20.4 Å². The zero-order valence-corrected chi connectivity index (χ0v) is 12.6. The molecule has 0 saturated carbocycles. The number of halogens is 2. The van der Waals surface area contributed by atoms with Gasteiger partial charge in [-0.1, -0.05) is 0 Å². The van der Waals surface area contributed by atoms with E-state index >= 15 is 0 Å². The number of aryl methyl sites for hydroxylation is 2. The molecule has 0 aliphatic rings. The van der Waals surface area contributed by atoms with Crippen molar-refractivity contribution in [1.82, 2.24) is 14.5 Å². The van der Waals surface area contributed by atoms with Crippen LogP contribution in [0.3, 0.4) is 0 Å². The molecule has 0 saturated heterocycles. The summed E-state index contributed by atoms with van der Waals surface area (Å²) in [5.74, 6) is 2.27. The van der Waals surface area contributed by atoms with Crippen molar-refractivity contribution >= 4 is 22.6 Å². The second-order valence-electron chi connectivity index (χ2n) is 4.96. The molecule has 1 aromatic carbocycles. The van der Waals surface area contributed by atoms with Crippen LogP contribution in [0, 0.1) is 12.7 Å². The molecule has 4 nitrogen and oxygen atoms in total. The Morgan fingerprint density at radius 2 is 2.24 bits per heavy atom. The molecule has 21 heavy (non-hydrogen) atoms. The lowest BCUT2D eigenvalue weighted by molar-refractivity contribution is 0.414. The summed E-state index contributed by atoms with van der Waals surface area (Å²) < 4.78 is 21.1. The van der Waals surface area contributed by atoms with Crippen LogP contribution in [0.5, 0.6) is 0 Å². The molecule has 1 atom stereocenters. The molecule has 2 heterocycles.